The zero-order valence-electron chi connectivity index (χ0n) is 7.22. The Bertz CT molecular complexity index is 568. The average molecular weight is 310 g/mol. The molecule has 2 aromatic carbocycles. The standard InChI is InChI=1S/C12H6Br2/c13-10-5-4-7-6-11(14)9-3-1-2-8(10)12(7)9/h1-6H. The molecule has 0 amide bonds. The van der Waals surface area contributed by atoms with Crippen molar-refractivity contribution in [3.63, 3.8) is 0 Å². The second-order valence-corrected chi connectivity index (χ2v) is 5.07. The summed E-state index contributed by atoms with van der Waals surface area (Å²) < 4.78 is 2.34. The SMILES string of the molecule is BrC1=Cc2ccc(Br)c3cccc1c23. The van der Waals surface area contributed by atoms with E-state index in [0.29, 0.717) is 0 Å². The van der Waals surface area contributed by atoms with Gasteiger partial charge in [0.25, 0.3) is 0 Å². The first-order valence-corrected chi connectivity index (χ1v) is 5.95. The fourth-order valence-electron chi connectivity index (χ4n) is 1.93. The van der Waals surface area contributed by atoms with Gasteiger partial charge in [-0.05, 0) is 34.0 Å². The molecule has 1 aliphatic carbocycles. The van der Waals surface area contributed by atoms with Crippen LogP contribution >= 0.6 is 31.9 Å². The van der Waals surface area contributed by atoms with Gasteiger partial charge in [-0.15, -0.1) is 0 Å². The highest BCUT2D eigenvalue weighted by atomic mass is 79.9. The molecule has 0 saturated heterocycles. The van der Waals surface area contributed by atoms with Crippen molar-refractivity contribution in [2.75, 3.05) is 0 Å². The zero-order valence-corrected chi connectivity index (χ0v) is 10.4. The van der Waals surface area contributed by atoms with Crippen LogP contribution in [0, 0.1) is 0 Å². The fourth-order valence-corrected chi connectivity index (χ4v) is 2.97. The van der Waals surface area contributed by atoms with Crippen LogP contribution in [-0.2, 0) is 0 Å². The second kappa shape index (κ2) is 2.94. The third-order valence-corrected chi connectivity index (χ3v) is 3.91. The Morgan fingerprint density at radius 2 is 1.79 bits per heavy atom. The number of hydrogen-bond donors (Lipinski definition) is 0. The third kappa shape index (κ3) is 1.04. The van der Waals surface area contributed by atoms with E-state index in [0.717, 1.165) is 4.47 Å². The first-order chi connectivity index (χ1) is 6.77. The Balaban J connectivity index is 2.59. The van der Waals surface area contributed by atoms with E-state index < -0.39 is 0 Å². The van der Waals surface area contributed by atoms with Gasteiger partial charge in [0.05, 0.1) is 0 Å². The van der Waals surface area contributed by atoms with Gasteiger partial charge in [-0.2, -0.15) is 0 Å². The van der Waals surface area contributed by atoms with Gasteiger partial charge in [0, 0.05) is 8.96 Å². The summed E-state index contributed by atoms with van der Waals surface area (Å²) in [6, 6.07) is 10.6. The molecule has 3 rings (SSSR count). The van der Waals surface area contributed by atoms with Gasteiger partial charge in [0.15, 0.2) is 0 Å². The Morgan fingerprint density at radius 1 is 0.929 bits per heavy atom. The lowest BCUT2D eigenvalue weighted by molar-refractivity contribution is 1.68. The van der Waals surface area contributed by atoms with Crippen molar-refractivity contribution in [2.45, 2.75) is 0 Å². The van der Waals surface area contributed by atoms with Gasteiger partial charge in [0.1, 0.15) is 0 Å². The van der Waals surface area contributed by atoms with Crippen molar-refractivity contribution in [2.24, 2.45) is 0 Å². The van der Waals surface area contributed by atoms with Crippen molar-refractivity contribution in [1.29, 1.82) is 0 Å². The predicted octanol–water partition coefficient (Wildman–Crippen LogP) is 4.81. The van der Waals surface area contributed by atoms with Crippen molar-refractivity contribution < 1.29 is 0 Å². The van der Waals surface area contributed by atoms with Crippen LogP contribution in [0.1, 0.15) is 11.1 Å². The van der Waals surface area contributed by atoms with Crippen LogP contribution in [0.15, 0.2) is 34.8 Å². The molecule has 0 atom stereocenters. The van der Waals surface area contributed by atoms with E-state index in [-0.39, 0.29) is 0 Å². The molecular formula is C12H6Br2. The van der Waals surface area contributed by atoms with E-state index >= 15 is 0 Å². The quantitative estimate of drug-likeness (QED) is 0.655. The number of hydrogen-bond acceptors (Lipinski definition) is 0. The molecule has 0 bridgehead atoms. The molecular weight excluding hydrogens is 304 g/mol. The van der Waals surface area contributed by atoms with Crippen molar-refractivity contribution in [3.05, 3.63) is 45.9 Å². The third-order valence-electron chi connectivity index (χ3n) is 2.56. The summed E-state index contributed by atoms with van der Waals surface area (Å²) in [5.74, 6) is 0. The lowest BCUT2D eigenvalue weighted by atomic mass is 10.0. The topological polar surface area (TPSA) is 0 Å². The van der Waals surface area contributed by atoms with Crippen molar-refractivity contribution in [1.82, 2.24) is 0 Å². The molecule has 68 valence electrons. The van der Waals surface area contributed by atoms with E-state index in [1.165, 1.54) is 26.4 Å². The Kier molecular flexibility index (Phi) is 1.83. The van der Waals surface area contributed by atoms with Crippen LogP contribution in [-0.4, -0.2) is 0 Å². The largest absolute Gasteiger partial charge is 0.0610 e. The molecule has 0 radical (unpaired) electrons. The molecule has 2 heteroatoms. The van der Waals surface area contributed by atoms with Gasteiger partial charge in [-0.1, -0.05) is 56.1 Å². The van der Waals surface area contributed by atoms with E-state index in [1.54, 1.807) is 0 Å². The van der Waals surface area contributed by atoms with E-state index in [9.17, 15) is 0 Å². The number of benzene rings is 2. The number of rotatable bonds is 0. The predicted molar refractivity (Wildman–Crippen MR) is 68.4 cm³/mol. The molecule has 14 heavy (non-hydrogen) atoms. The summed E-state index contributed by atoms with van der Waals surface area (Å²) in [4.78, 5) is 0. The van der Waals surface area contributed by atoms with Gasteiger partial charge in [0.2, 0.25) is 0 Å². The fraction of sp³-hybridized carbons (Fsp3) is 0. The molecule has 2 aromatic rings. The second-order valence-electron chi connectivity index (χ2n) is 3.36. The molecule has 0 fully saturated rings. The summed E-state index contributed by atoms with van der Waals surface area (Å²) in [6.07, 6.45) is 2.17. The summed E-state index contributed by atoms with van der Waals surface area (Å²) in [6.45, 7) is 0. The minimum Gasteiger partial charge on any atom is -0.0610 e. The molecule has 0 aliphatic heterocycles. The van der Waals surface area contributed by atoms with Crippen molar-refractivity contribution in [3.8, 4) is 0 Å². The van der Waals surface area contributed by atoms with Gasteiger partial charge in [-0.3, -0.25) is 0 Å². The van der Waals surface area contributed by atoms with Gasteiger partial charge in [-0.25, -0.2) is 0 Å². The molecule has 0 N–H and O–H groups in total. The van der Waals surface area contributed by atoms with Crippen molar-refractivity contribution >= 4 is 53.2 Å². The van der Waals surface area contributed by atoms with E-state index in [2.05, 4.69) is 68.3 Å². The van der Waals surface area contributed by atoms with Crippen LogP contribution in [0.25, 0.3) is 21.3 Å². The summed E-state index contributed by atoms with van der Waals surface area (Å²) in [5.41, 5.74) is 2.59. The van der Waals surface area contributed by atoms with Gasteiger partial charge >= 0.3 is 0 Å². The normalized spacial score (nSPS) is 13.4. The smallest absolute Gasteiger partial charge is 0.0260 e. The maximum Gasteiger partial charge on any atom is 0.0260 e. The van der Waals surface area contributed by atoms with Crippen LogP contribution in [0.5, 0.6) is 0 Å². The van der Waals surface area contributed by atoms with Crippen LogP contribution in [0.4, 0.5) is 0 Å². The lowest BCUT2D eigenvalue weighted by Crippen LogP contribution is -1.79. The molecule has 0 saturated carbocycles. The Morgan fingerprint density at radius 3 is 2.64 bits per heavy atom. The monoisotopic (exact) mass is 308 g/mol. The summed E-state index contributed by atoms with van der Waals surface area (Å²) >= 11 is 7.16. The molecule has 0 nitrogen and oxygen atoms in total. The highest BCUT2D eigenvalue weighted by molar-refractivity contribution is 9.15. The molecule has 0 heterocycles. The molecule has 0 unspecified atom stereocenters. The lowest BCUT2D eigenvalue weighted by Gasteiger charge is -2.03. The maximum absolute atomic E-state index is 3.58. The van der Waals surface area contributed by atoms with Gasteiger partial charge < -0.3 is 0 Å². The first-order valence-electron chi connectivity index (χ1n) is 4.36. The van der Waals surface area contributed by atoms with Crippen LogP contribution < -0.4 is 0 Å². The molecule has 1 aliphatic rings. The highest BCUT2D eigenvalue weighted by Crippen LogP contribution is 2.41. The molecule has 0 spiro atoms. The van der Waals surface area contributed by atoms with Crippen LogP contribution in [0.3, 0.4) is 0 Å². The number of halogens is 2. The Hall–Kier alpha value is -0.600. The summed E-state index contributed by atoms with van der Waals surface area (Å²) in [7, 11) is 0. The first kappa shape index (κ1) is 8.69. The summed E-state index contributed by atoms with van der Waals surface area (Å²) in [5, 5.41) is 2.62. The zero-order chi connectivity index (χ0) is 9.71. The van der Waals surface area contributed by atoms with E-state index in [4.69, 9.17) is 0 Å². The Labute approximate surface area is 98.9 Å². The molecule has 0 aromatic heterocycles. The minimum absolute atomic E-state index is 1.16. The average Bonchev–Trinajstić information content (AvgIpc) is 2.52. The highest BCUT2D eigenvalue weighted by Gasteiger charge is 2.15. The van der Waals surface area contributed by atoms with Crippen LogP contribution in [0.2, 0.25) is 0 Å². The minimum atomic E-state index is 1.16. The van der Waals surface area contributed by atoms with E-state index in [1.807, 2.05) is 0 Å². The maximum atomic E-state index is 3.58.